The van der Waals surface area contributed by atoms with Gasteiger partial charge in [0.25, 0.3) is 0 Å². The van der Waals surface area contributed by atoms with Gasteiger partial charge in [-0.05, 0) is 52.0 Å². The fraction of sp³-hybridized carbons (Fsp3) is 0.515. The second-order valence-corrected chi connectivity index (χ2v) is 15.4. The monoisotopic (exact) mass is 712 g/mol. The average molecular weight is 713 g/mol. The van der Waals surface area contributed by atoms with E-state index in [9.17, 15) is 24.2 Å². The number of rotatable bonds is 12. The molecule has 2 fully saturated rings. The highest BCUT2D eigenvalue weighted by Crippen LogP contribution is 2.71. The van der Waals surface area contributed by atoms with Crippen molar-refractivity contribution in [1.82, 2.24) is 19.7 Å². The van der Waals surface area contributed by atoms with Gasteiger partial charge in [-0.3, -0.25) is 18.9 Å². The van der Waals surface area contributed by atoms with Crippen LogP contribution in [-0.4, -0.2) is 67.6 Å². The normalized spacial score (nSPS) is 26.1. The number of nitriles is 1. The summed E-state index contributed by atoms with van der Waals surface area (Å²) in [4.78, 5) is 43.7. The lowest BCUT2D eigenvalue weighted by atomic mass is 10.0. The zero-order valence-corrected chi connectivity index (χ0v) is 29.9. The molecule has 3 aromatic rings. The average Bonchev–Trinajstić information content (AvgIpc) is 3.28. The van der Waals surface area contributed by atoms with Gasteiger partial charge in [-0.25, -0.2) is 14.1 Å². The second-order valence-electron chi connectivity index (χ2n) is 13.7. The number of nitrogens with two attached hydrogens (primary N) is 1. The molecule has 0 radical (unpaired) electrons. The maximum atomic E-state index is 14.7. The van der Waals surface area contributed by atoms with Crippen LogP contribution in [0.3, 0.4) is 0 Å². The molecule has 0 amide bonds. The smallest absolute Gasteiger partial charge is 0.459 e. The standard InChI is InChI=1S/C33H41N6O10P/c1-18(2)27(40)44-25-24(22-14-15-23-26(35)36-17-37-39(22)23)45-32(16-34)30(33(25,32)47-28(41)19(3)4)49-50(43,48-21-12-10-9-11-13-21)38-20(5)29(42)46-31(6,7)8/h9-15,17-20,24-25,30H,1-8H3,(H,38,43)(H2,35,36,37)/t20-,24-,25-,30?,32+,33+,50?/m0/s1. The molecule has 7 atom stereocenters. The van der Waals surface area contributed by atoms with Crippen LogP contribution in [0.2, 0.25) is 0 Å². The Balaban J connectivity index is 1.62. The quantitative estimate of drug-likeness (QED) is 0.154. The van der Waals surface area contributed by atoms with E-state index in [0.717, 1.165) is 0 Å². The van der Waals surface area contributed by atoms with Crippen LogP contribution in [0.15, 0.2) is 48.8 Å². The first-order chi connectivity index (χ1) is 23.4. The third kappa shape index (κ3) is 6.66. The number of benzene rings is 1. The van der Waals surface area contributed by atoms with E-state index in [4.69, 9.17) is 33.7 Å². The summed E-state index contributed by atoms with van der Waals surface area (Å²) in [5.74, 6) is -3.41. The van der Waals surface area contributed by atoms with E-state index in [1.165, 1.54) is 29.9 Å². The first-order valence-electron chi connectivity index (χ1n) is 16.0. The predicted octanol–water partition coefficient (Wildman–Crippen LogP) is 4.06. The van der Waals surface area contributed by atoms with Crippen molar-refractivity contribution in [3.63, 3.8) is 0 Å². The van der Waals surface area contributed by atoms with Gasteiger partial charge in [0.1, 0.15) is 41.4 Å². The number of hydrogen-bond acceptors (Lipinski definition) is 14. The number of carbonyl (C=O) groups excluding carboxylic acids is 3. The van der Waals surface area contributed by atoms with Gasteiger partial charge in [0.05, 0.1) is 17.5 Å². The summed E-state index contributed by atoms with van der Waals surface area (Å²) in [7, 11) is -4.69. The fourth-order valence-corrected chi connectivity index (χ4v) is 7.26. The molecule has 1 saturated heterocycles. The maximum Gasteiger partial charge on any atom is 0.460 e. The zero-order valence-electron chi connectivity index (χ0n) is 29.0. The minimum Gasteiger partial charge on any atom is -0.459 e. The van der Waals surface area contributed by atoms with Gasteiger partial charge >= 0.3 is 25.7 Å². The van der Waals surface area contributed by atoms with Crippen molar-refractivity contribution < 1.29 is 46.9 Å². The molecule has 0 bridgehead atoms. The minimum atomic E-state index is -4.69. The van der Waals surface area contributed by atoms with Crippen molar-refractivity contribution in [1.29, 1.82) is 5.26 Å². The third-order valence-electron chi connectivity index (χ3n) is 8.02. The lowest BCUT2D eigenvalue weighted by Gasteiger charge is -2.31. The predicted molar refractivity (Wildman–Crippen MR) is 176 cm³/mol. The molecule has 17 heteroatoms. The number of hydrogen-bond donors (Lipinski definition) is 2. The fourth-order valence-electron chi connectivity index (χ4n) is 5.54. The summed E-state index contributed by atoms with van der Waals surface area (Å²) in [6.07, 6.45) is -3.25. The molecule has 16 nitrogen and oxygen atoms in total. The van der Waals surface area contributed by atoms with Crippen LogP contribution >= 0.6 is 7.75 Å². The Bertz CT molecular complexity index is 1870. The van der Waals surface area contributed by atoms with Crippen molar-refractivity contribution in [3.05, 3.63) is 54.5 Å². The van der Waals surface area contributed by atoms with Crippen LogP contribution in [0.1, 0.15) is 67.2 Å². The highest BCUT2D eigenvalue weighted by Gasteiger charge is 2.95. The summed E-state index contributed by atoms with van der Waals surface area (Å²) in [5.41, 5.74) is 1.50. The van der Waals surface area contributed by atoms with E-state index in [2.05, 4.69) is 15.2 Å². The highest BCUT2D eigenvalue weighted by molar-refractivity contribution is 7.52. The van der Waals surface area contributed by atoms with Crippen LogP contribution in [0.4, 0.5) is 5.82 Å². The maximum absolute atomic E-state index is 14.7. The number of para-hydroxylation sites is 1. The molecule has 268 valence electrons. The van der Waals surface area contributed by atoms with Gasteiger partial charge in [-0.1, -0.05) is 45.9 Å². The number of carbonyl (C=O) groups is 3. The van der Waals surface area contributed by atoms with Gasteiger partial charge < -0.3 is 29.2 Å². The summed E-state index contributed by atoms with van der Waals surface area (Å²) < 4.78 is 52.0. The van der Waals surface area contributed by atoms with Gasteiger partial charge in [-0.2, -0.15) is 15.4 Å². The number of anilines is 1. The molecule has 2 aromatic heterocycles. The summed E-state index contributed by atoms with van der Waals surface area (Å²) >= 11 is 0. The molecule has 50 heavy (non-hydrogen) atoms. The van der Waals surface area contributed by atoms with Crippen molar-refractivity contribution in [2.75, 3.05) is 5.73 Å². The molecule has 5 rings (SSSR count). The molecule has 2 aliphatic rings. The Hall–Kier alpha value is -4.55. The molecular formula is C33H41N6O10P. The molecule has 1 aliphatic heterocycles. The molecular weight excluding hydrogens is 671 g/mol. The van der Waals surface area contributed by atoms with Crippen LogP contribution in [-0.2, 0) is 42.4 Å². The van der Waals surface area contributed by atoms with Crippen LogP contribution in [0.25, 0.3) is 5.52 Å². The minimum absolute atomic E-state index is 0.0864. The molecule has 0 spiro atoms. The zero-order chi connectivity index (χ0) is 36.8. The Labute approximate surface area is 289 Å². The van der Waals surface area contributed by atoms with Gasteiger partial charge in [0.2, 0.25) is 11.2 Å². The number of fused-ring (bicyclic) bond motifs is 2. The summed E-state index contributed by atoms with van der Waals surface area (Å²) in [6.45, 7) is 12.7. The second kappa shape index (κ2) is 13.3. The number of ether oxygens (including phenoxy) is 4. The number of nitrogens with zero attached hydrogens (tertiary/aromatic N) is 4. The van der Waals surface area contributed by atoms with Crippen LogP contribution < -0.4 is 15.3 Å². The molecule has 3 heterocycles. The Kier molecular flexibility index (Phi) is 9.76. The Morgan fingerprint density at radius 2 is 1.70 bits per heavy atom. The van der Waals surface area contributed by atoms with E-state index < -0.39 is 78.6 Å². The Morgan fingerprint density at radius 3 is 2.30 bits per heavy atom. The van der Waals surface area contributed by atoms with Crippen molar-refractivity contribution >= 4 is 37.0 Å². The molecule has 2 unspecified atom stereocenters. The van der Waals surface area contributed by atoms with Crippen LogP contribution in [0, 0.1) is 23.2 Å². The first kappa shape index (κ1) is 36.7. The van der Waals surface area contributed by atoms with Crippen LogP contribution in [0.5, 0.6) is 5.75 Å². The summed E-state index contributed by atoms with van der Waals surface area (Å²) in [5, 5.41) is 17.7. The van der Waals surface area contributed by atoms with Gasteiger partial charge in [0.15, 0.2) is 18.0 Å². The van der Waals surface area contributed by atoms with E-state index >= 15 is 0 Å². The van der Waals surface area contributed by atoms with Gasteiger partial charge in [0, 0.05) is 0 Å². The SMILES string of the molecule is CC(C)C(=O)O[C@H]1[C@H](c2ccc3c(N)ncnn23)O[C@]2(C#N)C(OP(=O)(N[C@@H](C)C(=O)OC(C)(C)C)Oc3ccccc3)[C@]12OC(=O)C(C)C. The van der Waals surface area contributed by atoms with E-state index in [1.54, 1.807) is 78.8 Å². The highest BCUT2D eigenvalue weighted by atomic mass is 31.2. The van der Waals surface area contributed by atoms with E-state index in [1.807, 2.05) is 6.07 Å². The largest absolute Gasteiger partial charge is 0.460 e. The molecule has 1 saturated carbocycles. The number of esters is 3. The number of nitrogens with one attached hydrogen (secondary N) is 1. The van der Waals surface area contributed by atoms with Gasteiger partial charge in [-0.15, -0.1) is 0 Å². The number of aromatic nitrogens is 3. The topological polar surface area (TPSA) is 216 Å². The van der Waals surface area contributed by atoms with Crippen molar-refractivity contribution in [2.24, 2.45) is 11.8 Å². The molecule has 1 aromatic carbocycles. The lowest BCUT2D eigenvalue weighted by molar-refractivity contribution is -0.181. The molecule has 3 N–H and O–H groups in total. The number of nitrogen functional groups attached to an aromatic ring is 1. The van der Waals surface area contributed by atoms with E-state index in [0.29, 0.717) is 5.52 Å². The lowest BCUT2D eigenvalue weighted by Crippen LogP contribution is -2.45. The van der Waals surface area contributed by atoms with Crippen molar-refractivity contribution in [2.45, 2.75) is 96.5 Å². The first-order valence-corrected chi connectivity index (χ1v) is 17.6. The Morgan fingerprint density at radius 1 is 1.04 bits per heavy atom. The third-order valence-corrected chi connectivity index (χ3v) is 9.66. The molecule has 1 aliphatic carbocycles. The van der Waals surface area contributed by atoms with E-state index in [-0.39, 0.29) is 17.3 Å². The summed E-state index contributed by atoms with van der Waals surface area (Å²) in [6, 6.07) is 12.0. The van der Waals surface area contributed by atoms with Crippen molar-refractivity contribution in [3.8, 4) is 11.8 Å².